The maximum atomic E-state index is 9.85. The van der Waals surface area contributed by atoms with Crippen molar-refractivity contribution in [3.05, 3.63) is 0 Å². The van der Waals surface area contributed by atoms with Gasteiger partial charge in [0.05, 0.1) is 12.0 Å². The van der Waals surface area contributed by atoms with Crippen molar-refractivity contribution in [1.82, 2.24) is 0 Å². The summed E-state index contributed by atoms with van der Waals surface area (Å²) in [5.41, 5.74) is 0. The molecule has 0 aliphatic carbocycles. The number of aliphatic imine (C=N–C) groups is 1. The fraction of sp³-hybridized carbons (Fsp3) is 0.333. The summed E-state index contributed by atoms with van der Waals surface area (Å²) in [5, 5.41) is 7.76. The topological polar surface area (TPSA) is 69.9 Å². The second-order valence-electron chi connectivity index (χ2n) is 0.925. The predicted octanol–water partition coefficient (Wildman–Crippen LogP) is 0.305. The van der Waals surface area contributed by atoms with Crippen molar-refractivity contribution < 1.29 is 14.5 Å². The average molecular weight is 135 g/mol. The number of hydrogen-bond donors (Lipinski definition) is 2. The molecule has 0 heterocycles. The quantitative estimate of drug-likeness (QED) is 0.285. The Morgan fingerprint density at radius 3 is 2.25 bits per heavy atom. The summed E-state index contributed by atoms with van der Waals surface area (Å²) < 4.78 is 8.10. The Hall–Kier alpha value is -0.550. The van der Waals surface area contributed by atoms with Gasteiger partial charge in [0.2, 0.25) is 5.04 Å². The van der Waals surface area contributed by atoms with E-state index >= 15 is 0 Å². The molecule has 0 spiro atoms. The summed E-state index contributed by atoms with van der Waals surface area (Å²) in [7, 11) is 1.30. The van der Waals surface area contributed by atoms with Gasteiger partial charge >= 0.3 is 5.97 Å². The maximum Gasteiger partial charge on any atom is 0.363 e. The molecule has 0 rings (SSSR count). The Kier molecular flexibility index (Phi) is 3.21. The zero-order valence-corrected chi connectivity index (χ0v) is 4.97. The Labute approximate surface area is 50.4 Å². The number of carboxylic acid groups (broad SMARTS) is 1. The first-order chi connectivity index (χ1) is 3.72. The highest BCUT2D eigenvalue weighted by atomic mass is 32.2. The molecule has 0 aromatic carbocycles. The standard InChI is InChI=1S/C3H5NO3S/c1-4-2(8-7)3(5)6/h7H,1H3,(H,5,6). The van der Waals surface area contributed by atoms with Gasteiger partial charge in [0, 0.05) is 7.05 Å². The third-order valence-corrected chi connectivity index (χ3v) is 1.00. The van der Waals surface area contributed by atoms with Gasteiger partial charge in [-0.2, -0.15) is 0 Å². The van der Waals surface area contributed by atoms with Crippen molar-refractivity contribution in [3.8, 4) is 0 Å². The number of nitrogens with zero attached hydrogens (tertiary/aromatic N) is 1. The Morgan fingerprint density at radius 1 is 1.75 bits per heavy atom. The van der Waals surface area contributed by atoms with Crippen LogP contribution in [0.15, 0.2) is 4.99 Å². The largest absolute Gasteiger partial charge is 0.476 e. The molecule has 0 atom stereocenters. The number of hydrogen-bond acceptors (Lipinski definition) is 4. The lowest BCUT2D eigenvalue weighted by atomic mass is 10.7. The van der Waals surface area contributed by atoms with E-state index in [9.17, 15) is 4.79 Å². The number of rotatable bonds is 0. The van der Waals surface area contributed by atoms with Gasteiger partial charge in [-0.1, -0.05) is 0 Å². The van der Waals surface area contributed by atoms with Crippen molar-refractivity contribution in [2.45, 2.75) is 0 Å². The second-order valence-corrected chi connectivity index (χ2v) is 1.49. The molecule has 0 bridgehead atoms. The lowest BCUT2D eigenvalue weighted by molar-refractivity contribution is -0.129. The number of carbonyl (C=O) groups is 1. The molecule has 0 aliphatic heterocycles. The molecule has 4 nitrogen and oxygen atoms in total. The summed E-state index contributed by atoms with van der Waals surface area (Å²) in [4.78, 5) is 13.1. The van der Waals surface area contributed by atoms with E-state index in [1.165, 1.54) is 7.05 Å². The average Bonchev–Trinajstić information content (AvgIpc) is 1.69. The zero-order valence-electron chi connectivity index (χ0n) is 4.16. The third-order valence-electron chi connectivity index (χ3n) is 0.473. The van der Waals surface area contributed by atoms with E-state index in [1.54, 1.807) is 0 Å². The highest BCUT2D eigenvalue weighted by Crippen LogP contribution is 1.95. The van der Waals surface area contributed by atoms with E-state index < -0.39 is 5.97 Å². The molecule has 0 amide bonds. The lowest BCUT2D eigenvalue weighted by Gasteiger charge is -1.87. The van der Waals surface area contributed by atoms with Crippen molar-refractivity contribution >= 4 is 23.1 Å². The SMILES string of the molecule is CN=C(SO)C(=O)O. The fourth-order valence-corrected chi connectivity index (χ4v) is 0.335. The van der Waals surface area contributed by atoms with Gasteiger partial charge in [0.1, 0.15) is 0 Å². The molecule has 0 aromatic rings. The molecule has 0 aromatic heterocycles. The van der Waals surface area contributed by atoms with Crippen LogP contribution < -0.4 is 0 Å². The molecule has 5 heteroatoms. The van der Waals surface area contributed by atoms with Crippen LogP contribution in [0, 0.1) is 0 Å². The van der Waals surface area contributed by atoms with E-state index in [2.05, 4.69) is 4.99 Å². The molecule has 46 valence electrons. The minimum Gasteiger partial charge on any atom is -0.476 e. The van der Waals surface area contributed by atoms with E-state index in [1.807, 2.05) is 0 Å². The number of carboxylic acids is 1. The van der Waals surface area contributed by atoms with Crippen molar-refractivity contribution in [3.63, 3.8) is 0 Å². The van der Waals surface area contributed by atoms with E-state index in [0.717, 1.165) is 0 Å². The molecule has 0 unspecified atom stereocenters. The van der Waals surface area contributed by atoms with Gasteiger partial charge < -0.3 is 9.66 Å². The predicted molar refractivity (Wildman–Crippen MR) is 31.2 cm³/mol. The van der Waals surface area contributed by atoms with Crippen LogP contribution in [0.25, 0.3) is 0 Å². The molecule has 0 radical (unpaired) electrons. The van der Waals surface area contributed by atoms with Crippen molar-refractivity contribution in [1.29, 1.82) is 0 Å². The third kappa shape index (κ3) is 1.94. The highest BCUT2D eigenvalue weighted by molar-refractivity contribution is 8.10. The maximum absolute atomic E-state index is 9.85. The minimum atomic E-state index is -1.21. The summed E-state index contributed by atoms with van der Waals surface area (Å²) in [6.45, 7) is 0. The molecule has 2 N–H and O–H groups in total. The summed E-state index contributed by atoms with van der Waals surface area (Å²) in [6.07, 6.45) is 0. The first-order valence-corrected chi connectivity index (χ1v) is 2.51. The van der Waals surface area contributed by atoms with E-state index in [0.29, 0.717) is 0 Å². The Bertz CT molecular complexity index is 122. The molecular formula is C3H5NO3S. The van der Waals surface area contributed by atoms with E-state index in [-0.39, 0.29) is 17.1 Å². The van der Waals surface area contributed by atoms with Crippen LogP contribution in [0.1, 0.15) is 0 Å². The van der Waals surface area contributed by atoms with Gasteiger partial charge in [-0.15, -0.1) is 0 Å². The normalized spacial score (nSPS) is 11.5. The van der Waals surface area contributed by atoms with Gasteiger partial charge in [-0.25, -0.2) is 4.79 Å². The molecule has 0 aliphatic rings. The summed E-state index contributed by atoms with van der Waals surface area (Å²) in [5.74, 6) is -1.21. The minimum absolute atomic E-state index is 0.128. The summed E-state index contributed by atoms with van der Waals surface area (Å²) in [6, 6.07) is 0. The van der Waals surface area contributed by atoms with Gasteiger partial charge in [0.25, 0.3) is 0 Å². The van der Waals surface area contributed by atoms with Crippen molar-refractivity contribution in [2.75, 3.05) is 7.05 Å². The van der Waals surface area contributed by atoms with E-state index in [4.69, 9.17) is 9.66 Å². The van der Waals surface area contributed by atoms with Crippen LogP contribution in [0.4, 0.5) is 0 Å². The molecule has 0 saturated carbocycles. The smallest absolute Gasteiger partial charge is 0.363 e. The molecule has 0 saturated heterocycles. The van der Waals surface area contributed by atoms with Crippen molar-refractivity contribution in [2.24, 2.45) is 4.99 Å². The highest BCUT2D eigenvalue weighted by Gasteiger charge is 2.05. The van der Waals surface area contributed by atoms with Gasteiger partial charge in [-0.05, 0) is 0 Å². The van der Waals surface area contributed by atoms with Crippen LogP contribution in [0.5, 0.6) is 0 Å². The zero-order chi connectivity index (χ0) is 6.57. The Morgan fingerprint density at radius 2 is 2.25 bits per heavy atom. The van der Waals surface area contributed by atoms with Crippen LogP contribution in [-0.4, -0.2) is 27.7 Å². The summed E-state index contributed by atoms with van der Waals surface area (Å²) >= 11 is 0.128. The first kappa shape index (κ1) is 7.45. The van der Waals surface area contributed by atoms with Crippen LogP contribution >= 0.6 is 12.0 Å². The van der Waals surface area contributed by atoms with Crippen LogP contribution in [-0.2, 0) is 4.79 Å². The first-order valence-electron chi connectivity index (χ1n) is 1.74. The monoisotopic (exact) mass is 135 g/mol. The van der Waals surface area contributed by atoms with Crippen LogP contribution in [0.3, 0.4) is 0 Å². The Balaban J connectivity index is 3.92. The fourth-order valence-electron chi connectivity index (χ4n) is 0.176. The van der Waals surface area contributed by atoms with Crippen LogP contribution in [0.2, 0.25) is 0 Å². The molecule has 0 fully saturated rings. The lowest BCUT2D eigenvalue weighted by Crippen LogP contribution is -2.07. The molecule has 8 heavy (non-hydrogen) atoms. The number of aliphatic carboxylic acids is 1. The van der Waals surface area contributed by atoms with Gasteiger partial charge in [-0.3, -0.25) is 4.99 Å². The van der Waals surface area contributed by atoms with Gasteiger partial charge in [0.15, 0.2) is 0 Å². The second kappa shape index (κ2) is 3.45. The molecular weight excluding hydrogens is 130 g/mol.